The van der Waals surface area contributed by atoms with E-state index < -0.39 is 11.7 Å². The number of piperidine rings is 1. The van der Waals surface area contributed by atoms with Gasteiger partial charge in [0.15, 0.2) is 5.13 Å². The number of anilines is 2. The van der Waals surface area contributed by atoms with Crippen molar-refractivity contribution in [1.82, 2.24) is 9.88 Å². The van der Waals surface area contributed by atoms with Gasteiger partial charge < -0.3 is 5.32 Å². The lowest BCUT2D eigenvalue weighted by Crippen LogP contribution is -2.37. The zero-order valence-electron chi connectivity index (χ0n) is 18.3. The molecule has 2 amide bonds. The smallest absolute Gasteiger partial charge is 0.270 e. The molecular formula is C25H23FN4O2S2. The van der Waals surface area contributed by atoms with Crippen LogP contribution in [0.25, 0.3) is 10.2 Å². The number of thiophene rings is 1. The molecule has 9 heteroatoms. The summed E-state index contributed by atoms with van der Waals surface area (Å²) in [5.41, 5.74) is 2.70. The van der Waals surface area contributed by atoms with Crippen molar-refractivity contribution in [3.05, 3.63) is 76.2 Å². The molecule has 0 radical (unpaired) electrons. The molecule has 0 aliphatic carbocycles. The van der Waals surface area contributed by atoms with Crippen LogP contribution in [0.4, 0.5) is 15.2 Å². The lowest BCUT2D eigenvalue weighted by atomic mass is 9.95. The van der Waals surface area contributed by atoms with Crippen molar-refractivity contribution in [3.8, 4) is 0 Å². The predicted octanol–water partition coefficient (Wildman–Crippen LogP) is 5.60. The Morgan fingerprint density at radius 2 is 1.85 bits per heavy atom. The number of nitrogens with zero attached hydrogens (tertiary/aromatic N) is 2. The van der Waals surface area contributed by atoms with E-state index in [9.17, 15) is 14.0 Å². The Morgan fingerprint density at radius 1 is 1.06 bits per heavy atom. The maximum absolute atomic E-state index is 13.6. The van der Waals surface area contributed by atoms with Crippen LogP contribution in [0.15, 0.2) is 60.0 Å². The molecule has 1 saturated heterocycles. The summed E-state index contributed by atoms with van der Waals surface area (Å²) in [6.45, 7) is 2.71. The fraction of sp³-hybridized carbons (Fsp3) is 0.240. The second kappa shape index (κ2) is 10.0. The highest BCUT2D eigenvalue weighted by Gasteiger charge is 2.25. The highest BCUT2D eigenvalue weighted by Crippen LogP contribution is 2.30. The molecule has 1 aliphatic rings. The summed E-state index contributed by atoms with van der Waals surface area (Å²) in [4.78, 5) is 31.9. The van der Waals surface area contributed by atoms with Gasteiger partial charge >= 0.3 is 0 Å². The van der Waals surface area contributed by atoms with Crippen LogP contribution < -0.4 is 10.6 Å². The highest BCUT2D eigenvalue weighted by atomic mass is 32.1. The Balaban J connectivity index is 1.17. The van der Waals surface area contributed by atoms with Gasteiger partial charge in [0.2, 0.25) is 5.91 Å². The van der Waals surface area contributed by atoms with Gasteiger partial charge in [-0.2, -0.15) is 0 Å². The summed E-state index contributed by atoms with van der Waals surface area (Å²) in [7, 11) is 0. The number of hydrogen-bond acceptors (Lipinski definition) is 6. The van der Waals surface area contributed by atoms with Crippen molar-refractivity contribution in [3.63, 3.8) is 0 Å². The molecule has 6 nitrogen and oxygen atoms in total. The van der Waals surface area contributed by atoms with Crippen LogP contribution in [0.2, 0.25) is 0 Å². The van der Waals surface area contributed by atoms with Gasteiger partial charge in [0.25, 0.3) is 5.91 Å². The Bertz CT molecular complexity index is 1310. The quantitative estimate of drug-likeness (QED) is 0.366. The predicted molar refractivity (Wildman–Crippen MR) is 135 cm³/mol. The molecule has 0 unspecified atom stereocenters. The molecule has 174 valence electrons. The van der Waals surface area contributed by atoms with Crippen molar-refractivity contribution < 1.29 is 14.0 Å². The van der Waals surface area contributed by atoms with Gasteiger partial charge in [-0.05, 0) is 61.1 Å². The highest BCUT2D eigenvalue weighted by molar-refractivity contribution is 7.22. The van der Waals surface area contributed by atoms with Crippen molar-refractivity contribution in [2.75, 3.05) is 23.7 Å². The van der Waals surface area contributed by atoms with Crippen molar-refractivity contribution in [1.29, 1.82) is 0 Å². The third-order valence-electron chi connectivity index (χ3n) is 5.91. The number of carbonyl (C=O) groups is 2. The summed E-state index contributed by atoms with van der Waals surface area (Å²) in [6.07, 6.45) is 1.66. The Kier molecular flexibility index (Phi) is 6.66. The number of nitrogens with one attached hydrogen (secondary N) is 2. The molecule has 34 heavy (non-hydrogen) atoms. The van der Waals surface area contributed by atoms with Crippen LogP contribution in [0.5, 0.6) is 0 Å². The monoisotopic (exact) mass is 494 g/mol. The second-order valence-corrected chi connectivity index (χ2v) is 10.2. The van der Waals surface area contributed by atoms with Gasteiger partial charge in [-0.15, -0.1) is 11.3 Å². The van der Waals surface area contributed by atoms with Crippen LogP contribution in [-0.2, 0) is 11.3 Å². The van der Waals surface area contributed by atoms with Crippen LogP contribution in [0.1, 0.15) is 28.1 Å². The van der Waals surface area contributed by atoms with E-state index in [0.29, 0.717) is 16.3 Å². The van der Waals surface area contributed by atoms with Gasteiger partial charge in [-0.1, -0.05) is 41.7 Å². The zero-order valence-corrected chi connectivity index (χ0v) is 19.9. The number of carbonyl (C=O) groups excluding carboxylic acids is 2. The summed E-state index contributed by atoms with van der Waals surface area (Å²) in [5.74, 6) is -1.04. The molecule has 4 aromatic rings. The summed E-state index contributed by atoms with van der Waals surface area (Å²) < 4.78 is 14.5. The third-order valence-corrected chi connectivity index (χ3v) is 7.73. The van der Waals surface area contributed by atoms with Crippen molar-refractivity contribution in [2.24, 2.45) is 5.92 Å². The van der Waals surface area contributed by atoms with E-state index >= 15 is 0 Å². The Hall–Kier alpha value is -3.14. The van der Waals surface area contributed by atoms with Crippen molar-refractivity contribution in [2.45, 2.75) is 19.4 Å². The SMILES string of the molecule is O=C(Nc1nc2ccc(NC(=O)C3CCN(Cc4ccccc4)CC3)cc2s1)c1sccc1F. The first-order chi connectivity index (χ1) is 16.5. The molecule has 0 atom stereocenters. The maximum Gasteiger partial charge on any atom is 0.270 e. The molecular weight excluding hydrogens is 471 g/mol. The first kappa shape index (κ1) is 22.6. The summed E-state index contributed by atoms with van der Waals surface area (Å²) in [6, 6.07) is 17.1. The molecule has 0 saturated carbocycles. The van der Waals surface area contributed by atoms with Gasteiger partial charge in [-0.25, -0.2) is 9.37 Å². The van der Waals surface area contributed by atoms with Gasteiger partial charge in [0, 0.05) is 18.2 Å². The fourth-order valence-corrected chi connectivity index (χ4v) is 5.67. The number of benzene rings is 2. The average molecular weight is 495 g/mol. The van der Waals surface area contributed by atoms with Crippen molar-refractivity contribution >= 4 is 55.5 Å². The fourth-order valence-electron chi connectivity index (χ4n) is 4.10. The van der Waals surface area contributed by atoms with Gasteiger partial charge in [-0.3, -0.25) is 19.8 Å². The zero-order chi connectivity index (χ0) is 23.5. The van der Waals surface area contributed by atoms with Crippen LogP contribution in [-0.4, -0.2) is 34.8 Å². The Labute approximate surface area is 204 Å². The Morgan fingerprint density at radius 3 is 2.59 bits per heavy atom. The summed E-state index contributed by atoms with van der Waals surface area (Å²) >= 11 is 2.33. The third kappa shape index (κ3) is 5.16. The first-order valence-corrected chi connectivity index (χ1v) is 12.8. The minimum atomic E-state index is -0.542. The first-order valence-electron chi connectivity index (χ1n) is 11.1. The van der Waals surface area contributed by atoms with E-state index in [-0.39, 0.29) is 16.7 Å². The molecule has 2 aromatic heterocycles. The number of likely N-dealkylation sites (tertiary alicyclic amines) is 1. The second-order valence-electron chi connectivity index (χ2n) is 8.28. The molecule has 5 rings (SSSR count). The lowest BCUT2D eigenvalue weighted by Gasteiger charge is -2.31. The van der Waals surface area contributed by atoms with Gasteiger partial charge in [0.05, 0.1) is 10.2 Å². The minimum Gasteiger partial charge on any atom is -0.326 e. The minimum absolute atomic E-state index is 0.0141. The molecule has 2 N–H and O–H groups in total. The van der Waals surface area contributed by atoms with E-state index in [4.69, 9.17) is 0 Å². The number of hydrogen-bond donors (Lipinski definition) is 2. The van der Waals surface area contributed by atoms with Gasteiger partial charge in [0.1, 0.15) is 10.7 Å². The lowest BCUT2D eigenvalue weighted by molar-refractivity contribution is -0.121. The van der Waals surface area contributed by atoms with E-state index in [0.717, 1.165) is 48.5 Å². The molecule has 1 aliphatic heterocycles. The number of rotatable bonds is 6. The number of fused-ring (bicyclic) bond motifs is 1. The maximum atomic E-state index is 13.6. The largest absolute Gasteiger partial charge is 0.326 e. The normalized spacial score (nSPS) is 14.9. The van der Waals surface area contributed by atoms with E-state index in [1.165, 1.54) is 28.3 Å². The molecule has 0 bridgehead atoms. The van der Waals surface area contributed by atoms with E-state index in [1.54, 1.807) is 0 Å². The summed E-state index contributed by atoms with van der Waals surface area (Å²) in [5, 5.41) is 7.61. The van der Waals surface area contributed by atoms with Crippen LogP contribution >= 0.6 is 22.7 Å². The van der Waals surface area contributed by atoms with Crippen LogP contribution in [0.3, 0.4) is 0 Å². The standard InChI is InChI=1S/C25H23FN4O2S2/c26-19-10-13-33-22(19)24(32)29-25-28-20-7-6-18(14-21(20)34-25)27-23(31)17-8-11-30(12-9-17)15-16-4-2-1-3-5-16/h1-7,10,13-14,17H,8-9,11-12,15H2,(H,27,31)(H,28,29,32). The van der Waals surface area contributed by atoms with E-state index in [1.807, 2.05) is 24.3 Å². The number of thiazole rings is 1. The molecule has 0 spiro atoms. The van der Waals surface area contributed by atoms with E-state index in [2.05, 4.69) is 44.8 Å². The molecule has 1 fully saturated rings. The number of halogens is 1. The molecule has 2 aromatic carbocycles. The number of aromatic nitrogens is 1. The topological polar surface area (TPSA) is 74.3 Å². The molecule has 3 heterocycles. The average Bonchev–Trinajstić information content (AvgIpc) is 3.45. The van der Waals surface area contributed by atoms with Crippen LogP contribution in [0, 0.1) is 11.7 Å². The number of amides is 2.